The number of Topliss-reactive ketones (excluding diaryl/α,β-unsaturated/α-hetero) is 1. The molecule has 1 aromatic carbocycles. The van der Waals surface area contributed by atoms with Crippen LogP contribution in [-0.4, -0.2) is 22.0 Å². The average molecular weight is 364 g/mol. The number of ketones is 1. The van der Waals surface area contributed by atoms with E-state index >= 15 is 0 Å². The summed E-state index contributed by atoms with van der Waals surface area (Å²) in [4.78, 5) is 35.8. The lowest BCUT2D eigenvalue weighted by Gasteiger charge is -2.25. The molecule has 0 amide bonds. The molecule has 1 aliphatic rings. The normalized spacial score (nSPS) is 14.0. The van der Waals surface area contributed by atoms with Crippen molar-refractivity contribution in [1.29, 1.82) is 0 Å². The van der Waals surface area contributed by atoms with E-state index in [0.717, 1.165) is 11.4 Å². The molecule has 130 valence electrons. The number of fused-ring (bicyclic) bond motifs is 1. The third-order valence-electron chi connectivity index (χ3n) is 4.16. The Bertz CT molecular complexity index is 1150. The molecule has 2 aromatic heterocycles. The average Bonchev–Trinajstić information content (AvgIpc) is 2.98. The third kappa shape index (κ3) is 3.09. The number of benzene rings is 1. The van der Waals surface area contributed by atoms with Crippen molar-refractivity contribution >= 4 is 28.9 Å². The van der Waals surface area contributed by atoms with E-state index in [-0.39, 0.29) is 11.3 Å². The quantitative estimate of drug-likeness (QED) is 0.659. The number of aromatic nitrogens is 2. The number of rotatable bonds is 3. The predicted molar refractivity (Wildman–Crippen MR) is 101 cm³/mol. The minimum Gasteiger partial charge on any atom is -0.334 e. The van der Waals surface area contributed by atoms with Gasteiger partial charge in [-0.15, -0.1) is 0 Å². The predicted octanol–water partition coefficient (Wildman–Crippen LogP) is 1.39. The van der Waals surface area contributed by atoms with Gasteiger partial charge in [0.2, 0.25) is 0 Å². The third-order valence-corrected chi connectivity index (χ3v) is 5.21. The summed E-state index contributed by atoms with van der Waals surface area (Å²) in [6.07, 6.45) is 3.49. The summed E-state index contributed by atoms with van der Waals surface area (Å²) in [6, 6.07) is 13.0. The zero-order valence-electron chi connectivity index (χ0n) is 14.1. The van der Waals surface area contributed by atoms with E-state index in [1.165, 1.54) is 11.3 Å². The van der Waals surface area contributed by atoms with Crippen LogP contribution in [0.3, 0.4) is 0 Å². The standard InChI is InChI=1S/C19H16N4O2S/c1-13(24)14-5-4-7-16(9-14)22-11-21-19-23(12-22)18(25)17(26-19)10-15-6-2-3-8-20-15/h2-10H,11-12H2,1H3. The number of anilines is 1. The summed E-state index contributed by atoms with van der Waals surface area (Å²) in [5.74, 6) is 0.0152. The van der Waals surface area contributed by atoms with Crippen molar-refractivity contribution in [3.8, 4) is 0 Å². The first-order valence-corrected chi connectivity index (χ1v) is 8.96. The first-order chi connectivity index (χ1) is 12.6. The SMILES string of the molecule is CC(=O)c1cccc(N2CN=c3sc(=Cc4ccccn4)c(=O)n3C2)c1. The highest BCUT2D eigenvalue weighted by Crippen LogP contribution is 2.18. The molecular formula is C19H16N4O2S. The molecule has 3 aromatic rings. The molecule has 1 aliphatic heterocycles. The van der Waals surface area contributed by atoms with Gasteiger partial charge in [-0.3, -0.25) is 19.1 Å². The zero-order chi connectivity index (χ0) is 18.1. The van der Waals surface area contributed by atoms with Gasteiger partial charge in [-0.25, -0.2) is 4.99 Å². The summed E-state index contributed by atoms with van der Waals surface area (Å²) in [7, 11) is 0. The minimum atomic E-state index is -0.0770. The number of hydrogen-bond donors (Lipinski definition) is 0. The van der Waals surface area contributed by atoms with Crippen LogP contribution in [0.2, 0.25) is 0 Å². The second kappa shape index (κ2) is 6.68. The zero-order valence-corrected chi connectivity index (χ0v) is 14.9. The molecule has 26 heavy (non-hydrogen) atoms. The Kier molecular flexibility index (Phi) is 4.22. The number of thiazole rings is 1. The fraction of sp³-hybridized carbons (Fsp3) is 0.158. The molecule has 3 heterocycles. The van der Waals surface area contributed by atoms with E-state index in [1.807, 2.05) is 41.3 Å². The highest BCUT2D eigenvalue weighted by molar-refractivity contribution is 7.07. The van der Waals surface area contributed by atoms with Gasteiger partial charge in [0.25, 0.3) is 5.56 Å². The molecule has 0 saturated heterocycles. The maximum absolute atomic E-state index is 12.7. The van der Waals surface area contributed by atoms with E-state index in [4.69, 9.17) is 0 Å². The monoisotopic (exact) mass is 364 g/mol. The molecule has 0 atom stereocenters. The van der Waals surface area contributed by atoms with Crippen LogP contribution in [0.5, 0.6) is 0 Å². The fourth-order valence-electron chi connectivity index (χ4n) is 2.79. The highest BCUT2D eigenvalue weighted by Gasteiger charge is 2.16. The summed E-state index contributed by atoms with van der Waals surface area (Å²) < 4.78 is 2.27. The van der Waals surface area contributed by atoms with Crippen molar-refractivity contribution in [2.75, 3.05) is 11.6 Å². The Morgan fingerprint density at radius 2 is 2.12 bits per heavy atom. The Balaban J connectivity index is 1.70. The Hall–Kier alpha value is -3.06. The van der Waals surface area contributed by atoms with Crippen LogP contribution in [0.15, 0.2) is 58.4 Å². The van der Waals surface area contributed by atoms with E-state index in [1.54, 1.807) is 29.8 Å². The Labute approximate surface area is 153 Å². The first kappa shape index (κ1) is 16.4. The van der Waals surface area contributed by atoms with Crippen LogP contribution in [0.1, 0.15) is 23.0 Å². The van der Waals surface area contributed by atoms with Crippen LogP contribution >= 0.6 is 11.3 Å². The maximum Gasteiger partial charge on any atom is 0.271 e. The lowest BCUT2D eigenvalue weighted by molar-refractivity contribution is 0.101. The molecule has 6 nitrogen and oxygen atoms in total. The van der Waals surface area contributed by atoms with Crippen molar-refractivity contribution in [3.63, 3.8) is 0 Å². The van der Waals surface area contributed by atoms with Crippen molar-refractivity contribution in [2.45, 2.75) is 13.6 Å². The number of carbonyl (C=O) groups excluding carboxylic acids is 1. The fourth-order valence-corrected chi connectivity index (χ4v) is 3.74. The van der Waals surface area contributed by atoms with Crippen LogP contribution in [-0.2, 0) is 6.67 Å². The van der Waals surface area contributed by atoms with Crippen molar-refractivity contribution in [3.05, 3.63) is 79.6 Å². The van der Waals surface area contributed by atoms with E-state index in [0.29, 0.717) is 28.2 Å². The summed E-state index contributed by atoms with van der Waals surface area (Å²) in [5, 5.41) is 0. The summed E-state index contributed by atoms with van der Waals surface area (Å²) in [5.41, 5.74) is 2.19. The molecule has 7 heteroatoms. The Morgan fingerprint density at radius 1 is 1.23 bits per heavy atom. The van der Waals surface area contributed by atoms with Crippen molar-refractivity contribution in [1.82, 2.24) is 9.55 Å². The van der Waals surface area contributed by atoms with Gasteiger partial charge in [0.05, 0.1) is 10.2 Å². The van der Waals surface area contributed by atoms with Crippen LogP contribution < -0.4 is 19.8 Å². The van der Waals surface area contributed by atoms with Gasteiger partial charge >= 0.3 is 0 Å². The number of hydrogen-bond acceptors (Lipinski definition) is 6. The van der Waals surface area contributed by atoms with E-state index in [9.17, 15) is 9.59 Å². The molecule has 0 saturated carbocycles. The lowest BCUT2D eigenvalue weighted by Crippen LogP contribution is -2.42. The van der Waals surface area contributed by atoms with Gasteiger partial charge in [-0.2, -0.15) is 0 Å². The largest absolute Gasteiger partial charge is 0.334 e. The van der Waals surface area contributed by atoms with Gasteiger partial charge in [0, 0.05) is 17.4 Å². The smallest absolute Gasteiger partial charge is 0.271 e. The summed E-state index contributed by atoms with van der Waals surface area (Å²) >= 11 is 1.37. The van der Waals surface area contributed by atoms with Gasteiger partial charge in [-0.05, 0) is 37.3 Å². The lowest BCUT2D eigenvalue weighted by atomic mass is 10.1. The second-order valence-corrected chi connectivity index (χ2v) is 6.98. The van der Waals surface area contributed by atoms with Gasteiger partial charge in [0.1, 0.15) is 13.3 Å². The van der Waals surface area contributed by atoms with E-state index < -0.39 is 0 Å². The molecule has 0 fully saturated rings. The van der Waals surface area contributed by atoms with Crippen LogP contribution in [0.25, 0.3) is 6.08 Å². The Morgan fingerprint density at radius 3 is 2.88 bits per heavy atom. The van der Waals surface area contributed by atoms with Gasteiger partial charge in [-0.1, -0.05) is 29.5 Å². The summed E-state index contributed by atoms with van der Waals surface area (Å²) in [6.45, 7) is 2.40. The van der Waals surface area contributed by atoms with Crippen LogP contribution in [0, 0.1) is 0 Å². The first-order valence-electron chi connectivity index (χ1n) is 8.15. The van der Waals surface area contributed by atoms with Crippen molar-refractivity contribution < 1.29 is 4.79 Å². The molecule has 0 unspecified atom stereocenters. The topological polar surface area (TPSA) is 67.6 Å². The molecule has 4 rings (SSSR count). The molecule has 0 bridgehead atoms. The van der Waals surface area contributed by atoms with Gasteiger partial charge < -0.3 is 4.90 Å². The molecule has 0 radical (unpaired) electrons. The number of nitrogens with zero attached hydrogens (tertiary/aromatic N) is 4. The van der Waals surface area contributed by atoms with Crippen molar-refractivity contribution in [2.24, 2.45) is 4.99 Å². The second-order valence-electron chi connectivity index (χ2n) is 5.97. The molecule has 0 N–H and O–H groups in total. The molecule has 0 spiro atoms. The maximum atomic E-state index is 12.7. The van der Waals surface area contributed by atoms with E-state index in [2.05, 4.69) is 9.98 Å². The van der Waals surface area contributed by atoms with Gasteiger partial charge in [0.15, 0.2) is 10.6 Å². The highest BCUT2D eigenvalue weighted by atomic mass is 32.1. The van der Waals surface area contributed by atoms with Crippen LogP contribution in [0.4, 0.5) is 5.69 Å². The molecular weight excluding hydrogens is 348 g/mol. The number of pyridine rings is 1. The number of carbonyl (C=O) groups is 1. The molecule has 0 aliphatic carbocycles. The minimum absolute atomic E-state index is 0.0152.